The van der Waals surface area contributed by atoms with Crippen molar-refractivity contribution in [1.82, 2.24) is 9.55 Å². The SMILES string of the molecule is CC(C)c1cc(-c2ccccc2)cc(C(C)C)c1-n1c(-c2[c-]sc3ccc(-c4ccc5oc6ccccc6c5c4)cc23)nc2ccccc21.CCC(=O)/C=C(\O)CC.[Ir]. The zero-order chi connectivity index (χ0) is 40.5. The van der Waals surface area contributed by atoms with Crippen LogP contribution in [-0.4, -0.2) is 20.4 Å². The topological polar surface area (TPSA) is 68.3 Å². The summed E-state index contributed by atoms with van der Waals surface area (Å²) in [6.45, 7) is 12.8. The largest absolute Gasteiger partial charge is 0.512 e. The Morgan fingerprint density at radius 1 is 0.712 bits per heavy atom. The van der Waals surface area contributed by atoms with Gasteiger partial charge in [0.05, 0.1) is 22.6 Å². The molecule has 0 aliphatic heterocycles. The minimum absolute atomic E-state index is 0. The first kappa shape index (κ1) is 41.6. The van der Waals surface area contributed by atoms with Gasteiger partial charge in [0.15, 0.2) is 5.78 Å². The Morgan fingerprint density at radius 3 is 2.03 bits per heavy atom. The second-order valence-electron chi connectivity index (χ2n) is 15.3. The van der Waals surface area contributed by atoms with Crippen molar-refractivity contribution in [3.63, 3.8) is 0 Å². The van der Waals surface area contributed by atoms with E-state index in [1.165, 1.54) is 38.7 Å². The van der Waals surface area contributed by atoms with Gasteiger partial charge in [0.25, 0.3) is 0 Å². The second kappa shape index (κ2) is 17.7. The van der Waals surface area contributed by atoms with Crippen LogP contribution in [0.15, 0.2) is 144 Å². The van der Waals surface area contributed by atoms with Gasteiger partial charge in [-0.2, -0.15) is 0 Å². The number of carbonyl (C=O) groups is 1. The first-order valence-electron chi connectivity index (χ1n) is 20.1. The van der Waals surface area contributed by atoms with Crippen LogP contribution < -0.4 is 0 Å². The summed E-state index contributed by atoms with van der Waals surface area (Å²) < 4.78 is 9.75. The average molecular weight is 972 g/mol. The third-order valence-electron chi connectivity index (χ3n) is 10.8. The Hall–Kier alpha value is -5.59. The summed E-state index contributed by atoms with van der Waals surface area (Å²) in [5.41, 5.74) is 13.6. The van der Waals surface area contributed by atoms with Crippen molar-refractivity contribution in [2.45, 2.75) is 66.2 Å². The van der Waals surface area contributed by atoms with E-state index in [1.807, 2.05) is 12.1 Å². The number of ketones is 1. The van der Waals surface area contributed by atoms with Crippen LogP contribution in [0.4, 0.5) is 0 Å². The number of hydrogen-bond donors (Lipinski definition) is 1. The third kappa shape index (κ3) is 8.20. The van der Waals surface area contributed by atoms with Crippen LogP contribution in [0.1, 0.15) is 77.3 Å². The number of rotatable bonds is 9. The van der Waals surface area contributed by atoms with Crippen LogP contribution in [0.5, 0.6) is 0 Å². The van der Waals surface area contributed by atoms with E-state index in [0.29, 0.717) is 24.7 Å². The predicted octanol–water partition coefficient (Wildman–Crippen LogP) is 15.0. The summed E-state index contributed by atoms with van der Waals surface area (Å²) in [6, 6.07) is 45.6. The van der Waals surface area contributed by atoms with E-state index in [0.717, 1.165) is 60.9 Å². The maximum Gasteiger partial charge on any atom is 0.158 e. The molecule has 0 fully saturated rings. The zero-order valence-corrected chi connectivity index (χ0v) is 37.4. The molecule has 3 heterocycles. The summed E-state index contributed by atoms with van der Waals surface area (Å²) in [5, 5.41) is 15.9. The Kier molecular flexibility index (Phi) is 12.5. The smallest absolute Gasteiger partial charge is 0.158 e. The molecule has 1 N–H and O–H groups in total. The van der Waals surface area contributed by atoms with E-state index in [-0.39, 0.29) is 31.6 Å². The van der Waals surface area contributed by atoms with E-state index >= 15 is 0 Å². The van der Waals surface area contributed by atoms with Gasteiger partial charge in [0.2, 0.25) is 0 Å². The first-order valence-corrected chi connectivity index (χ1v) is 21.0. The maximum absolute atomic E-state index is 10.5. The molecule has 9 aromatic rings. The summed E-state index contributed by atoms with van der Waals surface area (Å²) >= 11 is 1.66. The molecule has 299 valence electrons. The van der Waals surface area contributed by atoms with Crippen molar-refractivity contribution < 1.29 is 34.4 Å². The number of aliphatic hydroxyl groups is 1. The number of hydrogen-bond acceptors (Lipinski definition) is 5. The van der Waals surface area contributed by atoms with Crippen molar-refractivity contribution in [1.29, 1.82) is 0 Å². The van der Waals surface area contributed by atoms with Gasteiger partial charge in [-0.3, -0.25) is 21.1 Å². The molecular weight excluding hydrogens is 925 g/mol. The summed E-state index contributed by atoms with van der Waals surface area (Å²) in [5.74, 6) is 1.68. The molecule has 6 aromatic carbocycles. The van der Waals surface area contributed by atoms with Gasteiger partial charge in [0, 0.05) is 55.5 Å². The number of allylic oxidation sites excluding steroid dienone is 2. The molecule has 9 rings (SSSR count). The van der Waals surface area contributed by atoms with Crippen molar-refractivity contribution in [3.8, 4) is 39.3 Å². The van der Waals surface area contributed by atoms with Crippen LogP contribution in [0.25, 0.3) is 82.4 Å². The fraction of sp³-hybridized carbons (Fsp3) is 0.192. The van der Waals surface area contributed by atoms with E-state index < -0.39 is 0 Å². The van der Waals surface area contributed by atoms with Crippen LogP contribution in [-0.2, 0) is 24.9 Å². The monoisotopic (exact) mass is 972 g/mol. The molecule has 3 aromatic heterocycles. The number of fused-ring (bicyclic) bond motifs is 5. The molecule has 0 unspecified atom stereocenters. The van der Waals surface area contributed by atoms with Gasteiger partial charge in [-0.25, -0.2) is 0 Å². The quantitative estimate of drug-likeness (QED) is 0.0889. The van der Waals surface area contributed by atoms with Crippen molar-refractivity contribution in [2.24, 2.45) is 0 Å². The van der Waals surface area contributed by atoms with Gasteiger partial charge in [-0.05, 0) is 87.7 Å². The molecule has 0 bridgehead atoms. The number of para-hydroxylation sites is 3. The normalized spacial score (nSPS) is 11.8. The second-order valence-corrected chi connectivity index (χ2v) is 16.2. The average Bonchev–Trinajstić information content (AvgIpc) is 3.96. The predicted molar refractivity (Wildman–Crippen MR) is 243 cm³/mol. The Balaban J connectivity index is 0.000000476. The molecule has 1 radical (unpaired) electrons. The number of furan rings is 1. The van der Waals surface area contributed by atoms with Crippen LogP contribution >= 0.6 is 11.3 Å². The van der Waals surface area contributed by atoms with Gasteiger partial charge in [-0.1, -0.05) is 142 Å². The number of benzene rings is 6. The Labute approximate surface area is 363 Å². The fourth-order valence-corrected chi connectivity index (χ4v) is 8.47. The maximum atomic E-state index is 10.5. The molecule has 5 nitrogen and oxygen atoms in total. The number of aliphatic hydroxyl groups excluding tert-OH is 1. The van der Waals surface area contributed by atoms with Crippen LogP contribution in [0, 0.1) is 5.38 Å². The number of carbonyl (C=O) groups excluding carboxylic acids is 1. The summed E-state index contributed by atoms with van der Waals surface area (Å²) in [7, 11) is 0. The Morgan fingerprint density at radius 2 is 1.34 bits per heavy atom. The zero-order valence-electron chi connectivity index (χ0n) is 34.2. The molecule has 0 saturated carbocycles. The summed E-state index contributed by atoms with van der Waals surface area (Å²) in [6.07, 6.45) is 2.27. The van der Waals surface area contributed by atoms with E-state index in [4.69, 9.17) is 14.5 Å². The molecule has 7 heteroatoms. The van der Waals surface area contributed by atoms with Gasteiger partial charge >= 0.3 is 0 Å². The fourth-order valence-electron chi connectivity index (χ4n) is 7.65. The minimum atomic E-state index is -0.0191. The molecule has 0 aliphatic rings. The molecule has 0 saturated heterocycles. The molecule has 0 aliphatic carbocycles. The number of imidazole rings is 1. The molecular formula is C52H47IrN2O3S-. The van der Waals surface area contributed by atoms with Crippen molar-refractivity contribution >= 4 is 60.2 Å². The van der Waals surface area contributed by atoms with E-state index in [2.05, 4.69) is 153 Å². The molecule has 59 heavy (non-hydrogen) atoms. The standard InChI is InChI=1S/C45H35N2OS.C7H12O2.Ir/c1-27(2)34-24-32(29-12-6-5-7-13-29)25-35(28(3)4)44(34)47-40-16-10-9-15-39(40)46-45(47)38-26-49-43-21-19-31(23-37(38)43)30-18-20-42-36(22-30)33-14-8-11-17-41(33)48-42;1-3-6(8)5-7(9)4-2;/h5-25,27-28H,1-4H3;5,8H,3-4H2,1-2H3;/q-1;;/b;6-5-;. The molecule has 0 atom stereocenters. The minimum Gasteiger partial charge on any atom is -0.512 e. The Bertz CT molecular complexity index is 2940. The molecule has 0 spiro atoms. The summed E-state index contributed by atoms with van der Waals surface area (Å²) in [4.78, 5) is 15.9. The first-order chi connectivity index (χ1) is 28.1. The number of nitrogens with zero attached hydrogens (tertiary/aromatic N) is 2. The van der Waals surface area contributed by atoms with Crippen molar-refractivity contribution in [2.75, 3.05) is 0 Å². The van der Waals surface area contributed by atoms with Gasteiger partial charge in [0.1, 0.15) is 11.2 Å². The van der Waals surface area contributed by atoms with Crippen molar-refractivity contribution in [3.05, 3.63) is 156 Å². The third-order valence-corrected chi connectivity index (χ3v) is 11.7. The number of aromatic nitrogens is 2. The van der Waals surface area contributed by atoms with E-state index in [1.54, 1.807) is 25.2 Å². The number of thiophene rings is 1. The van der Waals surface area contributed by atoms with Crippen LogP contribution in [0.2, 0.25) is 0 Å². The van der Waals surface area contributed by atoms with Crippen LogP contribution in [0.3, 0.4) is 0 Å². The van der Waals surface area contributed by atoms with Gasteiger partial charge < -0.3 is 14.1 Å². The van der Waals surface area contributed by atoms with Gasteiger partial charge in [-0.15, -0.1) is 5.39 Å². The molecule has 0 amide bonds. The van der Waals surface area contributed by atoms with E-state index in [9.17, 15) is 4.79 Å².